The number of benzene rings is 3. The molecule has 1 unspecified atom stereocenters. The second-order valence-corrected chi connectivity index (χ2v) is 10.3. The van der Waals surface area contributed by atoms with Gasteiger partial charge in [-0.1, -0.05) is 47.5 Å². The van der Waals surface area contributed by atoms with Gasteiger partial charge in [-0.25, -0.2) is 4.79 Å². The van der Waals surface area contributed by atoms with Crippen molar-refractivity contribution < 1.29 is 32.4 Å². The minimum atomic E-state index is -5.01. The first-order chi connectivity index (χ1) is 20.8. The maximum atomic E-state index is 14.2. The van der Waals surface area contributed by atoms with Crippen LogP contribution in [-0.4, -0.2) is 33.4 Å². The summed E-state index contributed by atoms with van der Waals surface area (Å²) < 4.78 is 54.1. The number of aromatic nitrogens is 2. The molecule has 0 N–H and O–H groups in total. The normalized spacial score (nSPS) is 12.2. The van der Waals surface area contributed by atoms with Gasteiger partial charge < -0.3 is 9.47 Å². The van der Waals surface area contributed by atoms with Crippen LogP contribution in [0.5, 0.6) is 0 Å². The number of non-ortho nitro benzene ring substituents is 1. The number of nitrogens with zero attached hydrogens (tertiary/aromatic N) is 3. The highest BCUT2D eigenvalue weighted by Gasteiger charge is 2.37. The van der Waals surface area contributed by atoms with Gasteiger partial charge in [0.25, 0.3) is 11.2 Å². The van der Waals surface area contributed by atoms with Gasteiger partial charge in [0.15, 0.2) is 0 Å². The van der Waals surface area contributed by atoms with Crippen LogP contribution >= 0.6 is 0 Å². The van der Waals surface area contributed by atoms with Crippen LogP contribution in [0.3, 0.4) is 0 Å². The van der Waals surface area contributed by atoms with Crippen LogP contribution in [0, 0.1) is 24.0 Å². The number of halogens is 3. The highest BCUT2D eigenvalue weighted by Crippen LogP contribution is 2.36. The summed E-state index contributed by atoms with van der Waals surface area (Å²) in [6, 6.07) is 16.4. The Balaban J connectivity index is 2.02. The third-order valence-electron chi connectivity index (χ3n) is 6.76. The molecular formula is C32H30F3N3O6. The molecule has 4 rings (SSSR count). The molecular weight excluding hydrogens is 579 g/mol. The summed E-state index contributed by atoms with van der Waals surface area (Å²) in [7, 11) is 0. The molecule has 44 heavy (non-hydrogen) atoms. The zero-order valence-corrected chi connectivity index (χ0v) is 24.5. The van der Waals surface area contributed by atoms with Crippen molar-refractivity contribution in [3.63, 3.8) is 0 Å². The second kappa shape index (κ2) is 13.2. The molecule has 0 bridgehead atoms. The molecule has 0 aliphatic carbocycles. The largest absolute Gasteiger partial charge is 0.462 e. The van der Waals surface area contributed by atoms with Gasteiger partial charge in [0.05, 0.1) is 41.2 Å². The number of carbonyl (C=O) groups excluding carboxylic acids is 1. The van der Waals surface area contributed by atoms with Crippen molar-refractivity contribution in [3.05, 3.63) is 121 Å². The van der Waals surface area contributed by atoms with E-state index in [1.807, 2.05) is 50.2 Å². The molecule has 1 aromatic heterocycles. The Hall–Kier alpha value is -4.84. The minimum Gasteiger partial charge on any atom is -0.462 e. The first-order valence-electron chi connectivity index (χ1n) is 13.7. The maximum absolute atomic E-state index is 14.2. The van der Waals surface area contributed by atoms with Gasteiger partial charge in [-0.05, 0) is 51.5 Å². The van der Waals surface area contributed by atoms with Crippen molar-refractivity contribution in [2.75, 3.05) is 6.61 Å². The van der Waals surface area contributed by atoms with E-state index in [2.05, 4.69) is 5.10 Å². The molecule has 0 aliphatic heterocycles. The van der Waals surface area contributed by atoms with E-state index in [0.29, 0.717) is 28.4 Å². The SMILES string of the molecule is CCOC(=O)c1c(CC(C)OCc2ccccc2)c(-c2cc(C)cc(C)c2)nn(-c2cc([N+](=O)[O-])ccc2C(F)(F)F)c1=O. The topological polar surface area (TPSA) is 114 Å². The number of hydrogen-bond donors (Lipinski definition) is 0. The third kappa shape index (κ3) is 7.20. The monoisotopic (exact) mass is 609 g/mol. The third-order valence-corrected chi connectivity index (χ3v) is 6.76. The zero-order chi connectivity index (χ0) is 32.2. The van der Waals surface area contributed by atoms with Crippen molar-refractivity contribution >= 4 is 11.7 Å². The van der Waals surface area contributed by atoms with Crippen molar-refractivity contribution in [1.29, 1.82) is 0 Å². The average molecular weight is 610 g/mol. The van der Waals surface area contributed by atoms with Gasteiger partial charge in [0.1, 0.15) is 5.56 Å². The number of esters is 1. The van der Waals surface area contributed by atoms with Crippen LogP contribution in [0.15, 0.2) is 71.5 Å². The van der Waals surface area contributed by atoms with Gasteiger partial charge >= 0.3 is 12.1 Å². The van der Waals surface area contributed by atoms with Crippen molar-refractivity contribution in [2.45, 2.75) is 53.0 Å². The predicted octanol–water partition coefficient (Wildman–Crippen LogP) is 6.77. The molecule has 1 atom stereocenters. The number of carbonyl (C=O) groups is 1. The molecule has 0 spiro atoms. The molecule has 0 saturated heterocycles. The summed E-state index contributed by atoms with van der Waals surface area (Å²) in [5.74, 6) is -1.07. The molecule has 0 radical (unpaired) electrons. The van der Waals surface area contributed by atoms with E-state index in [0.717, 1.165) is 16.7 Å². The summed E-state index contributed by atoms with van der Waals surface area (Å²) in [6.45, 7) is 6.98. The molecule has 9 nitrogen and oxygen atoms in total. The highest BCUT2D eigenvalue weighted by molar-refractivity contribution is 5.93. The number of nitro groups is 1. The molecule has 3 aromatic carbocycles. The highest BCUT2D eigenvalue weighted by atomic mass is 19.4. The summed E-state index contributed by atoms with van der Waals surface area (Å²) in [6.07, 6.45) is -5.60. The lowest BCUT2D eigenvalue weighted by Gasteiger charge is -2.21. The lowest BCUT2D eigenvalue weighted by atomic mass is 9.95. The predicted molar refractivity (Wildman–Crippen MR) is 157 cm³/mol. The van der Waals surface area contributed by atoms with Crippen LogP contribution in [-0.2, 0) is 28.7 Å². The van der Waals surface area contributed by atoms with Crippen LogP contribution < -0.4 is 5.56 Å². The van der Waals surface area contributed by atoms with Crippen LogP contribution in [0.25, 0.3) is 16.9 Å². The summed E-state index contributed by atoms with van der Waals surface area (Å²) in [5, 5.41) is 15.9. The fourth-order valence-electron chi connectivity index (χ4n) is 4.89. The molecule has 1 heterocycles. The lowest BCUT2D eigenvalue weighted by Crippen LogP contribution is -2.33. The Kier molecular flexibility index (Phi) is 9.63. The molecule has 0 fully saturated rings. The Labute approximate surface area is 251 Å². The Bertz CT molecular complexity index is 1730. The quantitative estimate of drug-likeness (QED) is 0.111. The first kappa shape index (κ1) is 32.1. The molecule has 230 valence electrons. The van der Waals surface area contributed by atoms with E-state index in [9.17, 15) is 32.9 Å². The van der Waals surface area contributed by atoms with Crippen LogP contribution in [0.1, 0.15) is 52.0 Å². The number of aryl methyl sites for hydroxylation is 2. The summed E-state index contributed by atoms with van der Waals surface area (Å²) in [5.41, 5.74) is -1.63. The number of alkyl halides is 3. The van der Waals surface area contributed by atoms with E-state index in [1.54, 1.807) is 19.1 Å². The number of ether oxygens (including phenoxy) is 2. The van der Waals surface area contributed by atoms with E-state index in [4.69, 9.17) is 9.47 Å². The van der Waals surface area contributed by atoms with Crippen LogP contribution in [0.4, 0.5) is 18.9 Å². The minimum absolute atomic E-state index is 0.0204. The smallest absolute Gasteiger partial charge is 0.418 e. The Morgan fingerprint density at radius 2 is 1.70 bits per heavy atom. The first-order valence-corrected chi connectivity index (χ1v) is 13.7. The van der Waals surface area contributed by atoms with Crippen LogP contribution in [0.2, 0.25) is 0 Å². The second-order valence-electron chi connectivity index (χ2n) is 10.3. The molecule has 0 aliphatic rings. The van der Waals surface area contributed by atoms with E-state index in [1.165, 1.54) is 6.92 Å². The summed E-state index contributed by atoms with van der Waals surface area (Å²) >= 11 is 0. The summed E-state index contributed by atoms with van der Waals surface area (Å²) in [4.78, 5) is 38.0. The maximum Gasteiger partial charge on any atom is 0.418 e. The fourth-order valence-corrected chi connectivity index (χ4v) is 4.89. The van der Waals surface area contributed by atoms with E-state index < -0.39 is 51.2 Å². The lowest BCUT2D eigenvalue weighted by molar-refractivity contribution is -0.384. The van der Waals surface area contributed by atoms with Crippen molar-refractivity contribution in [2.24, 2.45) is 0 Å². The molecule has 4 aromatic rings. The van der Waals surface area contributed by atoms with Crippen molar-refractivity contribution in [3.8, 4) is 16.9 Å². The fraction of sp³-hybridized carbons (Fsp3) is 0.281. The Morgan fingerprint density at radius 1 is 1.05 bits per heavy atom. The number of rotatable bonds is 10. The van der Waals surface area contributed by atoms with Gasteiger partial charge in [-0.15, -0.1) is 0 Å². The van der Waals surface area contributed by atoms with Crippen molar-refractivity contribution in [1.82, 2.24) is 9.78 Å². The van der Waals surface area contributed by atoms with E-state index in [-0.39, 0.29) is 30.9 Å². The average Bonchev–Trinajstić information content (AvgIpc) is 2.95. The van der Waals surface area contributed by atoms with Gasteiger partial charge in [-0.3, -0.25) is 14.9 Å². The van der Waals surface area contributed by atoms with Gasteiger partial charge in [0.2, 0.25) is 0 Å². The van der Waals surface area contributed by atoms with E-state index >= 15 is 0 Å². The number of hydrogen-bond acceptors (Lipinski definition) is 7. The molecule has 0 amide bonds. The molecule has 12 heteroatoms. The van der Waals surface area contributed by atoms with Gasteiger partial charge in [-0.2, -0.15) is 23.0 Å². The standard InChI is InChI=1S/C32H30F3N3O6/c1-5-43-31(40)28-25(16-21(4)44-18-22-9-7-6-8-10-22)29(23-14-19(2)13-20(3)15-23)36-37(30(28)39)27-17-24(38(41)42)11-12-26(27)32(33,34)35/h6-15,17,21H,5,16,18H2,1-4H3. The number of nitro benzene ring substituents is 1. The van der Waals surface area contributed by atoms with Gasteiger partial charge in [0, 0.05) is 29.7 Å². The zero-order valence-electron chi connectivity index (χ0n) is 24.5. The Morgan fingerprint density at radius 3 is 2.30 bits per heavy atom. The molecule has 0 saturated carbocycles.